The van der Waals surface area contributed by atoms with E-state index in [1.807, 2.05) is 0 Å². The first-order valence-corrected chi connectivity index (χ1v) is 10.2. The third kappa shape index (κ3) is 3.39. The minimum Gasteiger partial charge on any atom is -0.497 e. The summed E-state index contributed by atoms with van der Waals surface area (Å²) in [5, 5.41) is -0.320. The molecule has 1 N–H and O–H groups in total. The van der Waals surface area contributed by atoms with Crippen molar-refractivity contribution in [1.82, 2.24) is 4.72 Å². The Hall–Kier alpha value is -3.40. The molecule has 0 atom stereocenters. The Labute approximate surface area is 171 Å². The van der Waals surface area contributed by atoms with Gasteiger partial charge in [0.25, 0.3) is 5.91 Å². The number of nitrogens with one attached hydrogen (secondary N) is 1. The van der Waals surface area contributed by atoms with Crippen molar-refractivity contribution >= 4 is 32.6 Å². The fourth-order valence-electron chi connectivity index (χ4n) is 3.21. The molecule has 0 aliphatic carbocycles. The molecule has 156 valence electrons. The molecule has 1 fully saturated rings. The summed E-state index contributed by atoms with van der Waals surface area (Å²) in [7, 11) is -3.04. The van der Waals surface area contributed by atoms with Crippen molar-refractivity contribution in [3.05, 3.63) is 65.7 Å². The van der Waals surface area contributed by atoms with Crippen molar-refractivity contribution in [2.75, 3.05) is 18.0 Å². The molecular formula is C20H16F2N2O5S. The molecule has 10 heteroatoms. The van der Waals surface area contributed by atoms with Crippen molar-refractivity contribution in [3.8, 4) is 11.5 Å². The maximum absolute atomic E-state index is 15.5. The van der Waals surface area contributed by atoms with Crippen molar-refractivity contribution in [2.45, 2.75) is 6.61 Å². The second-order valence-electron chi connectivity index (χ2n) is 6.53. The van der Waals surface area contributed by atoms with E-state index in [-0.39, 0.29) is 23.1 Å². The van der Waals surface area contributed by atoms with Gasteiger partial charge >= 0.3 is 10.2 Å². The molecule has 0 aromatic heterocycles. The van der Waals surface area contributed by atoms with Crippen LogP contribution < -0.4 is 18.5 Å². The smallest absolute Gasteiger partial charge is 0.326 e. The molecule has 30 heavy (non-hydrogen) atoms. The number of anilines is 1. The summed E-state index contributed by atoms with van der Waals surface area (Å²) >= 11 is 0. The third-order valence-electron chi connectivity index (χ3n) is 4.62. The molecule has 3 aromatic carbocycles. The summed E-state index contributed by atoms with van der Waals surface area (Å²) in [5.41, 5.74) is -0.0147. The molecule has 1 amide bonds. The predicted molar refractivity (Wildman–Crippen MR) is 106 cm³/mol. The van der Waals surface area contributed by atoms with Crippen molar-refractivity contribution in [3.63, 3.8) is 0 Å². The SMILES string of the molecule is COc1ccc2c(F)c(OCc3ccccc3)c(N3CC(=O)NS3(=O)=O)c(F)c2c1. The molecule has 1 saturated heterocycles. The van der Waals surface area contributed by atoms with Crippen LogP contribution in [0.2, 0.25) is 0 Å². The lowest BCUT2D eigenvalue weighted by molar-refractivity contribution is -0.117. The van der Waals surface area contributed by atoms with Crippen LogP contribution in [0.5, 0.6) is 11.5 Å². The van der Waals surface area contributed by atoms with E-state index < -0.39 is 45.7 Å². The van der Waals surface area contributed by atoms with Crippen LogP contribution in [0.1, 0.15) is 5.56 Å². The molecule has 0 unspecified atom stereocenters. The van der Waals surface area contributed by atoms with Gasteiger partial charge in [0.15, 0.2) is 17.4 Å². The molecule has 0 saturated carbocycles. The summed E-state index contributed by atoms with van der Waals surface area (Å²) < 4.78 is 68.4. The average Bonchev–Trinajstić information content (AvgIpc) is 3.01. The zero-order valence-electron chi connectivity index (χ0n) is 15.7. The van der Waals surface area contributed by atoms with Crippen LogP contribution in [0.4, 0.5) is 14.5 Å². The number of methoxy groups -OCH3 is 1. The van der Waals surface area contributed by atoms with Gasteiger partial charge < -0.3 is 9.47 Å². The van der Waals surface area contributed by atoms with Crippen LogP contribution in [0, 0.1) is 11.6 Å². The molecular weight excluding hydrogens is 418 g/mol. The number of rotatable bonds is 5. The predicted octanol–water partition coefficient (Wildman–Crippen LogP) is 2.89. The van der Waals surface area contributed by atoms with Gasteiger partial charge in [-0.25, -0.2) is 17.8 Å². The van der Waals surface area contributed by atoms with Crippen molar-refractivity contribution in [1.29, 1.82) is 0 Å². The average molecular weight is 434 g/mol. The fourth-order valence-corrected chi connectivity index (χ4v) is 4.36. The third-order valence-corrected chi connectivity index (χ3v) is 6.00. The van der Waals surface area contributed by atoms with Crippen LogP contribution in [-0.4, -0.2) is 28.0 Å². The highest BCUT2D eigenvalue weighted by Crippen LogP contribution is 2.43. The number of amides is 1. The highest BCUT2D eigenvalue weighted by atomic mass is 32.2. The van der Waals surface area contributed by atoms with E-state index in [0.717, 1.165) is 0 Å². The minimum atomic E-state index is -4.40. The molecule has 4 rings (SSSR count). The number of carbonyl (C=O) groups excluding carboxylic acids is 1. The highest BCUT2D eigenvalue weighted by molar-refractivity contribution is 7.92. The van der Waals surface area contributed by atoms with Crippen LogP contribution >= 0.6 is 0 Å². The summed E-state index contributed by atoms with van der Waals surface area (Å²) in [6.45, 7) is -0.836. The lowest BCUT2D eigenvalue weighted by Gasteiger charge is -2.22. The van der Waals surface area contributed by atoms with Gasteiger partial charge in [-0.2, -0.15) is 8.42 Å². The summed E-state index contributed by atoms with van der Waals surface area (Å²) in [5.74, 6) is -3.21. The van der Waals surface area contributed by atoms with Gasteiger partial charge in [0.1, 0.15) is 24.6 Å². The number of carbonyl (C=O) groups is 1. The molecule has 0 spiro atoms. The second-order valence-corrected chi connectivity index (χ2v) is 8.12. The first kappa shape index (κ1) is 19.9. The van der Waals surface area contributed by atoms with Gasteiger partial charge in [-0.1, -0.05) is 30.3 Å². The Kier molecular flexibility index (Phi) is 4.94. The first-order chi connectivity index (χ1) is 14.3. The van der Waals surface area contributed by atoms with Crippen LogP contribution in [0.15, 0.2) is 48.5 Å². The van der Waals surface area contributed by atoms with Gasteiger partial charge in [-0.3, -0.25) is 4.79 Å². The molecule has 1 aliphatic rings. The maximum atomic E-state index is 15.5. The number of hydrogen-bond donors (Lipinski definition) is 1. The van der Waals surface area contributed by atoms with E-state index in [0.29, 0.717) is 9.87 Å². The molecule has 3 aromatic rings. The Morgan fingerprint density at radius 3 is 2.43 bits per heavy atom. The van der Waals surface area contributed by atoms with Gasteiger partial charge in [0.05, 0.1) is 7.11 Å². The lowest BCUT2D eigenvalue weighted by Crippen LogP contribution is -2.31. The molecule has 1 aliphatic heterocycles. The summed E-state index contributed by atoms with van der Waals surface area (Å²) in [4.78, 5) is 11.7. The standard InChI is InChI=1S/C20H16F2N2O5S/c1-28-13-7-8-14-15(9-13)17(21)19(24-10-16(25)23-30(24,26)27)20(18(14)22)29-11-12-5-3-2-4-6-12/h2-9H,10-11H2,1H3,(H,23,25). The zero-order chi connectivity index (χ0) is 21.5. The van der Waals surface area contributed by atoms with Gasteiger partial charge in [-0.05, 0) is 23.8 Å². The van der Waals surface area contributed by atoms with Crippen LogP contribution in [-0.2, 0) is 21.6 Å². The Morgan fingerprint density at radius 1 is 1.07 bits per heavy atom. The summed E-state index contributed by atoms with van der Waals surface area (Å²) in [6.07, 6.45) is 0. The van der Waals surface area contributed by atoms with E-state index in [1.54, 1.807) is 35.1 Å². The van der Waals surface area contributed by atoms with E-state index in [2.05, 4.69) is 0 Å². The summed E-state index contributed by atoms with van der Waals surface area (Å²) in [6, 6.07) is 12.7. The zero-order valence-corrected chi connectivity index (χ0v) is 16.5. The quantitative estimate of drug-likeness (QED) is 0.668. The van der Waals surface area contributed by atoms with Gasteiger partial charge in [-0.15, -0.1) is 0 Å². The Balaban J connectivity index is 1.93. The van der Waals surface area contributed by atoms with E-state index in [9.17, 15) is 13.2 Å². The van der Waals surface area contributed by atoms with E-state index in [1.165, 1.54) is 25.3 Å². The first-order valence-electron chi connectivity index (χ1n) is 8.80. The van der Waals surface area contributed by atoms with E-state index >= 15 is 8.78 Å². The van der Waals surface area contributed by atoms with Crippen molar-refractivity contribution in [2.24, 2.45) is 0 Å². The largest absolute Gasteiger partial charge is 0.497 e. The maximum Gasteiger partial charge on any atom is 0.326 e. The lowest BCUT2D eigenvalue weighted by atomic mass is 10.1. The molecule has 0 bridgehead atoms. The number of benzene rings is 3. The Bertz CT molecular complexity index is 1250. The molecule has 0 radical (unpaired) electrons. The second kappa shape index (κ2) is 7.45. The number of halogens is 2. The number of ether oxygens (including phenoxy) is 2. The van der Waals surface area contributed by atoms with Gasteiger partial charge in [0, 0.05) is 10.8 Å². The fraction of sp³-hybridized carbons (Fsp3) is 0.150. The number of nitrogens with zero attached hydrogens (tertiary/aromatic N) is 1. The molecule has 7 nitrogen and oxygen atoms in total. The highest BCUT2D eigenvalue weighted by Gasteiger charge is 2.39. The molecule has 1 heterocycles. The number of fused-ring (bicyclic) bond motifs is 1. The van der Waals surface area contributed by atoms with E-state index in [4.69, 9.17) is 9.47 Å². The topological polar surface area (TPSA) is 84.9 Å². The van der Waals surface area contributed by atoms with Crippen LogP contribution in [0.25, 0.3) is 10.8 Å². The Morgan fingerprint density at radius 2 is 1.80 bits per heavy atom. The minimum absolute atomic E-state index is 0.115. The van der Waals surface area contributed by atoms with Gasteiger partial charge in [0.2, 0.25) is 0 Å². The number of hydrogen-bond acceptors (Lipinski definition) is 5. The van der Waals surface area contributed by atoms with Crippen molar-refractivity contribution < 1.29 is 31.5 Å². The monoisotopic (exact) mass is 434 g/mol. The normalized spacial score (nSPS) is 15.3. The van der Waals surface area contributed by atoms with Crippen LogP contribution in [0.3, 0.4) is 0 Å².